The summed E-state index contributed by atoms with van der Waals surface area (Å²) in [6, 6.07) is 0.0326. The molecule has 0 saturated carbocycles. The van der Waals surface area contributed by atoms with Crippen LogP contribution in [0.4, 0.5) is 0 Å². The van der Waals surface area contributed by atoms with Gasteiger partial charge in [-0.05, 0) is 6.92 Å². The molecule has 2 heterocycles. The van der Waals surface area contributed by atoms with Gasteiger partial charge in [0.2, 0.25) is 5.78 Å². The van der Waals surface area contributed by atoms with Gasteiger partial charge in [-0.2, -0.15) is 0 Å². The van der Waals surface area contributed by atoms with Crippen molar-refractivity contribution in [3.05, 3.63) is 17.7 Å². The fourth-order valence-electron chi connectivity index (χ4n) is 1.13. The minimum absolute atomic E-state index is 0.0326. The van der Waals surface area contributed by atoms with Gasteiger partial charge in [0.15, 0.2) is 0 Å². The maximum absolute atomic E-state index is 11.1. The number of nitrogens with one attached hydrogen (secondary N) is 1. The van der Waals surface area contributed by atoms with E-state index in [2.05, 4.69) is 15.0 Å². The Kier molecular flexibility index (Phi) is 1.15. The lowest BCUT2D eigenvalue weighted by molar-refractivity contribution is 0.106. The number of imidazole rings is 1. The predicted molar refractivity (Wildman–Crippen MR) is 39.8 cm³/mol. The summed E-state index contributed by atoms with van der Waals surface area (Å²) in [6.45, 7) is 1.92. The van der Waals surface area contributed by atoms with E-state index in [4.69, 9.17) is 0 Å². The number of carbonyl (C=O) groups excluding carboxylic acids is 1. The number of H-pyrrole nitrogens is 1. The van der Waals surface area contributed by atoms with Crippen LogP contribution in [0.15, 0.2) is 11.3 Å². The van der Waals surface area contributed by atoms with E-state index in [0.717, 1.165) is 5.69 Å². The highest BCUT2D eigenvalue weighted by Gasteiger charge is 2.20. The van der Waals surface area contributed by atoms with Crippen molar-refractivity contribution in [3.8, 4) is 0 Å². The number of nitrogens with zero attached hydrogens (tertiary/aromatic N) is 2. The van der Waals surface area contributed by atoms with E-state index in [9.17, 15) is 4.79 Å². The Labute approximate surface area is 63.4 Å². The maximum atomic E-state index is 11.1. The summed E-state index contributed by atoms with van der Waals surface area (Å²) in [6.07, 6.45) is 2.85. The lowest BCUT2D eigenvalue weighted by atomic mass is 10.1. The van der Waals surface area contributed by atoms with Crippen molar-refractivity contribution in [3.63, 3.8) is 0 Å². The second-order valence-electron chi connectivity index (χ2n) is 2.48. The average Bonchev–Trinajstić information content (AvgIpc) is 2.45. The van der Waals surface area contributed by atoms with Crippen LogP contribution in [-0.2, 0) is 0 Å². The Hall–Kier alpha value is -1.45. The van der Waals surface area contributed by atoms with Crippen molar-refractivity contribution in [1.29, 1.82) is 0 Å². The molecule has 56 valence electrons. The first-order valence-electron chi connectivity index (χ1n) is 3.40. The highest BCUT2D eigenvalue weighted by atomic mass is 16.1. The van der Waals surface area contributed by atoms with Crippen molar-refractivity contribution in [2.45, 2.75) is 13.0 Å². The van der Waals surface area contributed by atoms with Crippen molar-refractivity contribution >= 4 is 12.0 Å². The average molecular weight is 149 g/mol. The fourth-order valence-corrected chi connectivity index (χ4v) is 1.13. The zero-order valence-corrected chi connectivity index (χ0v) is 6.03. The van der Waals surface area contributed by atoms with Gasteiger partial charge < -0.3 is 4.98 Å². The van der Waals surface area contributed by atoms with Gasteiger partial charge in [-0.1, -0.05) is 0 Å². The van der Waals surface area contributed by atoms with Gasteiger partial charge >= 0.3 is 0 Å². The van der Waals surface area contributed by atoms with Gasteiger partial charge in [-0.25, -0.2) is 4.98 Å². The van der Waals surface area contributed by atoms with Crippen LogP contribution in [0.3, 0.4) is 0 Å². The first-order valence-corrected chi connectivity index (χ1v) is 3.40. The van der Waals surface area contributed by atoms with Crippen LogP contribution in [0.5, 0.6) is 0 Å². The molecule has 0 spiro atoms. The molecule has 0 saturated heterocycles. The Bertz CT molecular complexity index is 326. The minimum Gasteiger partial charge on any atom is -0.346 e. The summed E-state index contributed by atoms with van der Waals surface area (Å²) >= 11 is 0. The van der Waals surface area contributed by atoms with Gasteiger partial charge in [0.05, 0.1) is 24.3 Å². The van der Waals surface area contributed by atoms with Crippen molar-refractivity contribution < 1.29 is 4.79 Å². The molecule has 1 aromatic rings. The lowest BCUT2D eigenvalue weighted by Gasteiger charge is -2.08. The third-order valence-electron chi connectivity index (χ3n) is 1.74. The fraction of sp³-hybridized carbons (Fsp3) is 0.286. The topological polar surface area (TPSA) is 58.1 Å². The molecule has 1 aliphatic rings. The summed E-state index contributed by atoms with van der Waals surface area (Å²) in [7, 11) is 0. The molecule has 4 nitrogen and oxygen atoms in total. The first kappa shape index (κ1) is 6.27. The number of carbonyl (C=O) groups is 1. The number of hydrogen-bond donors (Lipinski definition) is 1. The zero-order valence-electron chi connectivity index (χ0n) is 6.03. The number of aliphatic imine (C=N–C) groups is 1. The van der Waals surface area contributed by atoms with Gasteiger partial charge in [-0.3, -0.25) is 9.79 Å². The normalized spacial score (nSPS) is 21.9. The molecule has 0 aromatic carbocycles. The maximum Gasteiger partial charge on any atom is 0.223 e. The number of rotatable bonds is 0. The molecule has 0 bridgehead atoms. The molecule has 1 aromatic heterocycles. The van der Waals surface area contributed by atoms with Crippen LogP contribution < -0.4 is 0 Å². The largest absolute Gasteiger partial charge is 0.346 e. The molecule has 0 fully saturated rings. The molecule has 0 aliphatic carbocycles. The van der Waals surface area contributed by atoms with Crippen LogP contribution in [0.2, 0.25) is 0 Å². The van der Waals surface area contributed by atoms with E-state index < -0.39 is 0 Å². The second kappa shape index (κ2) is 2.02. The van der Waals surface area contributed by atoms with E-state index in [-0.39, 0.29) is 11.8 Å². The van der Waals surface area contributed by atoms with E-state index in [1.165, 1.54) is 12.5 Å². The summed E-state index contributed by atoms with van der Waals surface area (Å²) in [5, 5.41) is 0. The van der Waals surface area contributed by atoms with Crippen LogP contribution in [-0.4, -0.2) is 22.0 Å². The summed E-state index contributed by atoms with van der Waals surface area (Å²) < 4.78 is 0. The smallest absolute Gasteiger partial charge is 0.223 e. The highest BCUT2D eigenvalue weighted by Crippen LogP contribution is 2.20. The Morgan fingerprint density at radius 3 is 3.18 bits per heavy atom. The number of hydrogen-bond acceptors (Lipinski definition) is 3. The molecule has 0 radical (unpaired) electrons. The van der Waals surface area contributed by atoms with Crippen LogP contribution in [0.25, 0.3) is 0 Å². The summed E-state index contributed by atoms with van der Waals surface area (Å²) in [5.41, 5.74) is 1.32. The molecule has 1 atom stereocenters. The summed E-state index contributed by atoms with van der Waals surface area (Å²) in [5.74, 6) is -0.112. The quantitative estimate of drug-likeness (QED) is 0.591. The SMILES string of the molecule is CC1N=CC(=O)c2nc[nH]c21. The summed E-state index contributed by atoms with van der Waals surface area (Å²) in [4.78, 5) is 21.8. The minimum atomic E-state index is -0.112. The molecular formula is C7H7N3O. The zero-order chi connectivity index (χ0) is 7.84. The van der Waals surface area contributed by atoms with Crippen molar-refractivity contribution in [2.75, 3.05) is 0 Å². The van der Waals surface area contributed by atoms with Crippen LogP contribution in [0, 0.1) is 0 Å². The number of Topliss-reactive ketones (excluding diaryl/α,β-unsaturated/α-hetero) is 1. The Morgan fingerprint density at radius 2 is 2.45 bits per heavy atom. The standard InChI is InChI=1S/C7H7N3O/c1-4-6-7(10-3-9-6)5(11)2-8-4/h2-4H,1H3,(H,9,10). The molecular weight excluding hydrogens is 142 g/mol. The Balaban J connectivity index is 2.59. The second-order valence-corrected chi connectivity index (χ2v) is 2.48. The van der Waals surface area contributed by atoms with Crippen molar-refractivity contribution in [1.82, 2.24) is 9.97 Å². The van der Waals surface area contributed by atoms with E-state index in [1.54, 1.807) is 0 Å². The third kappa shape index (κ3) is 0.790. The molecule has 0 amide bonds. The number of aromatic nitrogens is 2. The molecule has 4 heteroatoms. The highest BCUT2D eigenvalue weighted by molar-refractivity contribution is 6.35. The van der Waals surface area contributed by atoms with Crippen LogP contribution >= 0.6 is 0 Å². The molecule has 1 N–H and O–H groups in total. The van der Waals surface area contributed by atoms with Gasteiger partial charge in [0.1, 0.15) is 5.69 Å². The van der Waals surface area contributed by atoms with E-state index in [0.29, 0.717) is 5.69 Å². The molecule has 11 heavy (non-hydrogen) atoms. The van der Waals surface area contributed by atoms with Gasteiger partial charge in [0.25, 0.3) is 0 Å². The molecule has 1 unspecified atom stereocenters. The van der Waals surface area contributed by atoms with Crippen molar-refractivity contribution in [2.24, 2.45) is 4.99 Å². The first-order chi connectivity index (χ1) is 5.29. The van der Waals surface area contributed by atoms with E-state index in [1.807, 2.05) is 6.92 Å². The molecule has 2 rings (SSSR count). The third-order valence-corrected chi connectivity index (χ3v) is 1.74. The van der Waals surface area contributed by atoms with Crippen LogP contribution in [0.1, 0.15) is 29.1 Å². The number of fused-ring (bicyclic) bond motifs is 1. The predicted octanol–water partition coefficient (Wildman–Crippen LogP) is 0.738. The monoisotopic (exact) mass is 149 g/mol. The number of aromatic amines is 1. The van der Waals surface area contributed by atoms with Gasteiger partial charge in [-0.15, -0.1) is 0 Å². The Morgan fingerprint density at radius 1 is 1.64 bits per heavy atom. The lowest BCUT2D eigenvalue weighted by Crippen LogP contribution is -2.12. The number of ketones is 1. The van der Waals surface area contributed by atoms with Gasteiger partial charge in [0, 0.05) is 0 Å². The van der Waals surface area contributed by atoms with E-state index >= 15 is 0 Å². The molecule has 1 aliphatic heterocycles.